The average molecular weight is 327 g/mol. The van der Waals surface area contributed by atoms with Crippen LogP contribution in [-0.2, 0) is 20.1 Å². The lowest BCUT2D eigenvalue weighted by Gasteiger charge is -2.38. The van der Waals surface area contributed by atoms with Gasteiger partial charge in [-0.3, -0.25) is 4.99 Å². The van der Waals surface area contributed by atoms with Crippen LogP contribution in [0.4, 0.5) is 10.1 Å². The molecule has 2 aliphatic rings. The van der Waals surface area contributed by atoms with Gasteiger partial charge in [0.1, 0.15) is 17.2 Å². The molecule has 2 atom stereocenters. The molecule has 1 aromatic rings. The molecular weight excluding hydrogens is 309 g/mol. The van der Waals surface area contributed by atoms with E-state index < -0.39 is 25.9 Å². The summed E-state index contributed by atoms with van der Waals surface area (Å²) in [6, 6.07) is 4.03. The number of sulfone groups is 1. The van der Waals surface area contributed by atoms with Crippen molar-refractivity contribution in [2.75, 3.05) is 24.7 Å². The van der Waals surface area contributed by atoms with Gasteiger partial charge in [0.15, 0.2) is 14.6 Å². The number of nitrogen functional groups attached to an aromatic ring is 1. The van der Waals surface area contributed by atoms with Gasteiger partial charge in [0.05, 0.1) is 12.4 Å². The molecular formula is C14H18FN3O3S. The summed E-state index contributed by atoms with van der Waals surface area (Å²) in [7, 11) is -3.65. The number of hydrogen-bond donors (Lipinski definition) is 2. The van der Waals surface area contributed by atoms with Crippen LogP contribution >= 0.6 is 0 Å². The molecule has 1 unspecified atom stereocenters. The largest absolute Gasteiger partial charge is 0.399 e. The molecule has 1 saturated heterocycles. The number of aliphatic imine (C=N–C) groups is 1. The first kappa shape index (κ1) is 15.2. The van der Waals surface area contributed by atoms with Gasteiger partial charge in [-0.25, -0.2) is 12.8 Å². The smallest absolute Gasteiger partial charge is 0.168 e. The molecule has 1 aromatic carbocycles. The Hall–Kier alpha value is -1.67. The molecule has 4 N–H and O–H groups in total. The second-order valence-electron chi connectivity index (χ2n) is 6.07. The minimum absolute atomic E-state index is 0.000156. The lowest BCUT2D eigenvalue weighted by atomic mass is 9.92. The quantitative estimate of drug-likeness (QED) is 0.733. The molecule has 2 aliphatic heterocycles. The summed E-state index contributed by atoms with van der Waals surface area (Å²) in [6.07, 6.45) is 0.278. The van der Waals surface area contributed by atoms with E-state index >= 15 is 0 Å². The third-order valence-electron chi connectivity index (χ3n) is 4.46. The van der Waals surface area contributed by atoms with Gasteiger partial charge >= 0.3 is 0 Å². The minimum atomic E-state index is -3.65. The first-order valence-electron chi connectivity index (χ1n) is 6.92. The number of benzene rings is 1. The van der Waals surface area contributed by atoms with Gasteiger partial charge in [0, 0.05) is 17.9 Å². The summed E-state index contributed by atoms with van der Waals surface area (Å²) in [5.41, 5.74) is 10.9. The van der Waals surface area contributed by atoms with Crippen molar-refractivity contribution in [2.45, 2.75) is 23.6 Å². The summed E-state index contributed by atoms with van der Waals surface area (Å²) in [5.74, 6) is -0.896. The van der Waals surface area contributed by atoms with E-state index in [-0.39, 0.29) is 30.2 Å². The molecule has 0 radical (unpaired) electrons. The molecule has 3 rings (SSSR count). The number of halogens is 1. The van der Waals surface area contributed by atoms with Gasteiger partial charge in [-0.1, -0.05) is 0 Å². The highest BCUT2D eigenvalue weighted by atomic mass is 32.2. The first-order valence-corrected chi connectivity index (χ1v) is 8.57. The van der Waals surface area contributed by atoms with Gasteiger partial charge in [-0.05, 0) is 31.5 Å². The van der Waals surface area contributed by atoms with Crippen molar-refractivity contribution in [1.29, 1.82) is 0 Å². The third-order valence-corrected chi connectivity index (χ3v) is 7.12. The number of hydrogen-bond acceptors (Lipinski definition) is 6. The zero-order chi connectivity index (χ0) is 16.2. The molecule has 8 heteroatoms. The predicted octanol–water partition coefficient (Wildman–Crippen LogP) is 0.568. The van der Waals surface area contributed by atoms with Crippen LogP contribution in [0.2, 0.25) is 0 Å². The van der Waals surface area contributed by atoms with Crippen LogP contribution in [0, 0.1) is 5.82 Å². The van der Waals surface area contributed by atoms with Crippen molar-refractivity contribution < 1.29 is 17.5 Å². The Bertz CT molecular complexity index is 757. The third kappa shape index (κ3) is 2.01. The van der Waals surface area contributed by atoms with Gasteiger partial charge in [-0.2, -0.15) is 0 Å². The number of rotatable bonds is 1. The fourth-order valence-electron chi connectivity index (χ4n) is 3.15. The second kappa shape index (κ2) is 4.66. The maximum absolute atomic E-state index is 14.2. The summed E-state index contributed by atoms with van der Waals surface area (Å²) in [6.45, 7) is 1.87. The van der Waals surface area contributed by atoms with Gasteiger partial charge in [0.25, 0.3) is 0 Å². The molecule has 0 aliphatic carbocycles. The zero-order valence-electron chi connectivity index (χ0n) is 12.2. The molecule has 22 heavy (non-hydrogen) atoms. The minimum Gasteiger partial charge on any atom is -0.399 e. The standard InChI is InChI=1S/C14H18FN3O3S/c1-13(10-6-9(16)2-3-11(10)15)8-22(19,20)14(12(17)18-13)4-5-21-7-14/h2-3,6H,4-5,7-8,16H2,1H3,(H2,17,18)/t13-,14?/m0/s1. The molecule has 0 amide bonds. The van der Waals surface area contributed by atoms with E-state index in [0.717, 1.165) is 0 Å². The summed E-state index contributed by atoms with van der Waals surface area (Å²) in [5, 5.41) is 0. The normalized spacial score (nSPS) is 33.8. The van der Waals surface area contributed by atoms with E-state index in [9.17, 15) is 12.8 Å². The maximum Gasteiger partial charge on any atom is 0.168 e. The Morgan fingerprint density at radius 1 is 1.36 bits per heavy atom. The van der Waals surface area contributed by atoms with E-state index in [1.807, 2.05) is 0 Å². The molecule has 1 fully saturated rings. The SMILES string of the molecule is C[C@@]1(c2cc(N)ccc2F)CS(=O)(=O)C2(CCOC2)C(N)=N1. The van der Waals surface area contributed by atoms with Crippen molar-refractivity contribution in [1.82, 2.24) is 0 Å². The monoisotopic (exact) mass is 327 g/mol. The van der Waals surface area contributed by atoms with Gasteiger partial charge in [-0.15, -0.1) is 0 Å². The highest BCUT2D eigenvalue weighted by molar-refractivity contribution is 7.93. The van der Waals surface area contributed by atoms with E-state index in [2.05, 4.69) is 4.99 Å². The average Bonchev–Trinajstić information content (AvgIpc) is 2.90. The first-order chi connectivity index (χ1) is 10.2. The van der Waals surface area contributed by atoms with Crippen LogP contribution in [0.25, 0.3) is 0 Å². The van der Waals surface area contributed by atoms with Crippen LogP contribution in [0.5, 0.6) is 0 Å². The van der Waals surface area contributed by atoms with Crippen molar-refractivity contribution in [3.05, 3.63) is 29.6 Å². The molecule has 6 nitrogen and oxygen atoms in total. The summed E-state index contributed by atoms with van der Waals surface area (Å²) >= 11 is 0. The zero-order valence-corrected chi connectivity index (χ0v) is 13.0. The van der Waals surface area contributed by atoms with Crippen molar-refractivity contribution >= 4 is 21.4 Å². The topological polar surface area (TPSA) is 108 Å². The van der Waals surface area contributed by atoms with E-state index in [1.165, 1.54) is 18.2 Å². The number of anilines is 1. The number of nitrogens with zero attached hydrogens (tertiary/aromatic N) is 1. The number of nitrogens with two attached hydrogens (primary N) is 2. The predicted molar refractivity (Wildman–Crippen MR) is 81.7 cm³/mol. The van der Waals surface area contributed by atoms with E-state index in [1.54, 1.807) is 6.92 Å². The van der Waals surface area contributed by atoms with E-state index in [4.69, 9.17) is 16.2 Å². The summed E-state index contributed by atoms with van der Waals surface area (Å²) in [4.78, 5) is 4.36. The van der Waals surface area contributed by atoms with Gasteiger partial charge < -0.3 is 16.2 Å². The Labute approximate surface area is 128 Å². The fourth-order valence-corrected chi connectivity index (χ4v) is 5.41. The number of amidine groups is 1. The van der Waals surface area contributed by atoms with Crippen molar-refractivity contribution in [3.63, 3.8) is 0 Å². The molecule has 0 aromatic heterocycles. The molecule has 120 valence electrons. The van der Waals surface area contributed by atoms with Crippen molar-refractivity contribution in [2.24, 2.45) is 10.7 Å². The highest BCUT2D eigenvalue weighted by Gasteiger charge is 2.56. The summed E-state index contributed by atoms with van der Waals surface area (Å²) < 4.78 is 43.7. The van der Waals surface area contributed by atoms with Crippen LogP contribution in [0.3, 0.4) is 0 Å². The molecule has 0 bridgehead atoms. The second-order valence-corrected chi connectivity index (χ2v) is 8.37. The van der Waals surface area contributed by atoms with E-state index in [0.29, 0.717) is 12.3 Å². The van der Waals surface area contributed by atoms with Crippen molar-refractivity contribution in [3.8, 4) is 0 Å². The highest BCUT2D eigenvalue weighted by Crippen LogP contribution is 2.41. The maximum atomic E-state index is 14.2. The Kier molecular flexibility index (Phi) is 3.23. The van der Waals surface area contributed by atoms with Gasteiger partial charge in [0.2, 0.25) is 0 Å². The molecule has 0 saturated carbocycles. The lowest BCUT2D eigenvalue weighted by Crippen LogP contribution is -2.58. The Balaban J connectivity index is 2.18. The molecule has 1 spiro atoms. The van der Waals surface area contributed by atoms with Crippen LogP contribution < -0.4 is 11.5 Å². The van der Waals surface area contributed by atoms with Crippen LogP contribution in [0.1, 0.15) is 18.9 Å². The van der Waals surface area contributed by atoms with Crippen LogP contribution in [0.15, 0.2) is 23.2 Å². The Morgan fingerprint density at radius 3 is 2.68 bits per heavy atom. The lowest BCUT2D eigenvalue weighted by molar-refractivity contribution is 0.194. The molecule has 2 heterocycles. The number of ether oxygens (including phenoxy) is 1. The van der Waals surface area contributed by atoms with Crippen LogP contribution in [-0.4, -0.2) is 38.0 Å². The fraction of sp³-hybridized carbons (Fsp3) is 0.500. The Morgan fingerprint density at radius 2 is 2.09 bits per heavy atom.